The van der Waals surface area contributed by atoms with Gasteiger partial charge in [-0.3, -0.25) is 14.8 Å². The molecule has 3 heteroatoms. The summed E-state index contributed by atoms with van der Waals surface area (Å²) in [7, 11) is 0. The highest BCUT2D eigenvalue weighted by atomic mass is 15.3. The molecule has 2 saturated heterocycles. The van der Waals surface area contributed by atoms with Gasteiger partial charge in [0.25, 0.3) is 0 Å². The predicted octanol–water partition coefficient (Wildman–Crippen LogP) is 2.54. The van der Waals surface area contributed by atoms with Crippen LogP contribution in [-0.2, 0) is 13.1 Å². The molecule has 2 atom stereocenters. The summed E-state index contributed by atoms with van der Waals surface area (Å²) in [6.07, 6.45) is 3.21. The number of nitrogens with zero attached hydrogens (tertiary/aromatic N) is 3. The van der Waals surface area contributed by atoms with Gasteiger partial charge in [-0.1, -0.05) is 36.4 Å². The van der Waals surface area contributed by atoms with Crippen LogP contribution in [0.5, 0.6) is 0 Å². The standard InChI is InChI=1S/C18H21N3/c1-2-6-15(7-3-1)11-20-13-18-10-17(20)14-21(18)12-16-8-4-5-9-19-16/h1-9,17-18H,10-14H2. The highest BCUT2D eigenvalue weighted by Crippen LogP contribution is 2.32. The number of hydrogen-bond donors (Lipinski definition) is 0. The van der Waals surface area contributed by atoms with Gasteiger partial charge in [0.05, 0.1) is 5.69 Å². The molecule has 1 aromatic heterocycles. The Kier molecular flexibility index (Phi) is 3.45. The Morgan fingerprint density at radius 1 is 0.857 bits per heavy atom. The topological polar surface area (TPSA) is 19.4 Å². The van der Waals surface area contributed by atoms with Crippen LogP contribution in [0.4, 0.5) is 0 Å². The summed E-state index contributed by atoms with van der Waals surface area (Å²) < 4.78 is 0. The van der Waals surface area contributed by atoms with Gasteiger partial charge in [-0.2, -0.15) is 0 Å². The maximum absolute atomic E-state index is 4.46. The van der Waals surface area contributed by atoms with Gasteiger partial charge < -0.3 is 0 Å². The van der Waals surface area contributed by atoms with Crippen LogP contribution in [0, 0.1) is 0 Å². The first kappa shape index (κ1) is 13.0. The monoisotopic (exact) mass is 279 g/mol. The molecule has 2 unspecified atom stereocenters. The van der Waals surface area contributed by atoms with Crippen LogP contribution < -0.4 is 0 Å². The van der Waals surface area contributed by atoms with Crippen LogP contribution in [0.3, 0.4) is 0 Å². The van der Waals surface area contributed by atoms with Crippen LogP contribution in [0.2, 0.25) is 0 Å². The zero-order chi connectivity index (χ0) is 14.1. The second-order valence-electron chi connectivity index (χ2n) is 6.21. The van der Waals surface area contributed by atoms with Gasteiger partial charge in [0.2, 0.25) is 0 Å². The Bertz CT molecular complexity index is 530. The first-order chi connectivity index (χ1) is 10.4. The van der Waals surface area contributed by atoms with Crippen molar-refractivity contribution in [2.24, 2.45) is 0 Å². The number of hydrogen-bond acceptors (Lipinski definition) is 3. The zero-order valence-corrected chi connectivity index (χ0v) is 12.2. The Morgan fingerprint density at radius 2 is 1.57 bits per heavy atom. The molecule has 3 heterocycles. The Morgan fingerprint density at radius 3 is 2.24 bits per heavy atom. The average molecular weight is 279 g/mol. The molecule has 2 fully saturated rings. The third-order valence-corrected chi connectivity index (χ3v) is 4.79. The minimum absolute atomic E-state index is 0.709. The minimum atomic E-state index is 0.709. The Balaban J connectivity index is 1.37. The van der Waals surface area contributed by atoms with Gasteiger partial charge in [-0.05, 0) is 24.1 Å². The number of likely N-dealkylation sites (tertiary alicyclic amines) is 2. The van der Waals surface area contributed by atoms with Gasteiger partial charge >= 0.3 is 0 Å². The van der Waals surface area contributed by atoms with Crippen molar-refractivity contribution in [1.29, 1.82) is 0 Å². The molecule has 2 aromatic rings. The fraction of sp³-hybridized carbons (Fsp3) is 0.389. The van der Waals surface area contributed by atoms with Gasteiger partial charge in [0.15, 0.2) is 0 Å². The third-order valence-electron chi connectivity index (χ3n) is 4.79. The molecule has 3 nitrogen and oxygen atoms in total. The SMILES string of the molecule is c1ccc(CN2CC3CC2CN3Cc2ccccn2)cc1. The number of aromatic nitrogens is 1. The number of benzene rings is 1. The maximum Gasteiger partial charge on any atom is 0.0544 e. The highest BCUT2D eigenvalue weighted by molar-refractivity contribution is 5.16. The van der Waals surface area contributed by atoms with Gasteiger partial charge in [0, 0.05) is 44.5 Å². The van der Waals surface area contributed by atoms with Crippen molar-refractivity contribution in [3.05, 3.63) is 66.0 Å². The van der Waals surface area contributed by atoms with E-state index in [-0.39, 0.29) is 0 Å². The van der Waals surface area contributed by atoms with E-state index >= 15 is 0 Å². The molecule has 0 aliphatic carbocycles. The van der Waals surface area contributed by atoms with Crippen molar-refractivity contribution in [1.82, 2.24) is 14.8 Å². The predicted molar refractivity (Wildman–Crippen MR) is 83.7 cm³/mol. The number of rotatable bonds is 4. The minimum Gasteiger partial charge on any atom is -0.293 e. The first-order valence-electron chi connectivity index (χ1n) is 7.80. The lowest BCUT2D eigenvalue weighted by molar-refractivity contribution is 0.117. The summed E-state index contributed by atoms with van der Waals surface area (Å²) in [5, 5.41) is 0. The van der Waals surface area contributed by atoms with E-state index in [1.165, 1.54) is 30.8 Å². The number of fused-ring (bicyclic) bond motifs is 2. The molecule has 4 rings (SSSR count). The lowest BCUT2D eigenvalue weighted by Gasteiger charge is -2.34. The normalized spacial score (nSPS) is 25.5. The fourth-order valence-corrected chi connectivity index (χ4v) is 3.74. The average Bonchev–Trinajstić information content (AvgIpc) is 3.09. The van der Waals surface area contributed by atoms with E-state index in [1.54, 1.807) is 0 Å². The smallest absolute Gasteiger partial charge is 0.0544 e. The van der Waals surface area contributed by atoms with E-state index in [0.717, 1.165) is 19.1 Å². The summed E-state index contributed by atoms with van der Waals surface area (Å²) >= 11 is 0. The lowest BCUT2D eigenvalue weighted by Crippen LogP contribution is -2.45. The van der Waals surface area contributed by atoms with E-state index in [1.807, 2.05) is 12.3 Å². The quantitative estimate of drug-likeness (QED) is 0.857. The summed E-state index contributed by atoms with van der Waals surface area (Å²) in [5.74, 6) is 0. The van der Waals surface area contributed by atoms with E-state index < -0.39 is 0 Å². The van der Waals surface area contributed by atoms with Crippen molar-refractivity contribution in [2.75, 3.05) is 13.1 Å². The van der Waals surface area contributed by atoms with Crippen molar-refractivity contribution in [3.63, 3.8) is 0 Å². The van der Waals surface area contributed by atoms with E-state index in [0.29, 0.717) is 6.04 Å². The largest absolute Gasteiger partial charge is 0.293 e. The number of pyridine rings is 1. The molecule has 0 amide bonds. The molecule has 2 aliphatic heterocycles. The summed E-state index contributed by atoms with van der Waals surface area (Å²) in [6, 6.07) is 18.5. The van der Waals surface area contributed by atoms with Crippen LogP contribution in [0.15, 0.2) is 54.7 Å². The van der Waals surface area contributed by atoms with Crippen molar-refractivity contribution >= 4 is 0 Å². The van der Waals surface area contributed by atoms with E-state index in [2.05, 4.69) is 57.2 Å². The molecule has 0 saturated carbocycles. The molecule has 21 heavy (non-hydrogen) atoms. The van der Waals surface area contributed by atoms with Gasteiger partial charge in [-0.15, -0.1) is 0 Å². The molecule has 108 valence electrons. The molecule has 0 radical (unpaired) electrons. The summed E-state index contributed by atoms with van der Waals surface area (Å²) in [6.45, 7) is 4.49. The van der Waals surface area contributed by atoms with Crippen LogP contribution in [0.1, 0.15) is 17.7 Å². The van der Waals surface area contributed by atoms with Gasteiger partial charge in [-0.25, -0.2) is 0 Å². The summed E-state index contributed by atoms with van der Waals surface area (Å²) in [5.41, 5.74) is 2.63. The summed E-state index contributed by atoms with van der Waals surface area (Å²) in [4.78, 5) is 9.71. The van der Waals surface area contributed by atoms with Gasteiger partial charge in [0.1, 0.15) is 0 Å². The molecular weight excluding hydrogens is 258 g/mol. The second kappa shape index (κ2) is 5.58. The molecule has 0 spiro atoms. The maximum atomic E-state index is 4.46. The third kappa shape index (κ3) is 2.71. The van der Waals surface area contributed by atoms with Crippen molar-refractivity contribution in [2.45, 2.75) is 31.6 Å². The van der Waals surface area contributed by atoms with Crippen LogP contribution in [-0.4, -0.2) is 40.0 Å². The van der Waals surface area contributed by atoms with Crippen molar-refractivity contribution < 1.29 is 0 Å². The fourth-order valence-electron chi connectivity index (χ4n) is 3.74. The van der Waals surface area contributed by atoms with Crippen LogP contribution in [0.25, 0.3) is 0 Å². The number of piperazine rings is 1. The molecule has 0 N–H and O–H groups in total. The van der Waals surface area contributed by atoms with E-state index in [9.17, 15) is 0 Å². The highest BCUT2D eigenvalue weighted by Gasteiger charge is 2.42. The molecular formula is C18H21N3. The Hall–Kier alpha value is -1.71. The molecule has 1 aromatic carbocycles. The first-order valence-corrected chi connectivity index (χ1v) is 7.80. The van der Waals surface area contributed by atoms with Crippen molar-refractivity contribution in [3.8, 4) is 0 Å². The molecule has 2 bridgehead atoms. The zero-order valence-electron chi connectivity index (χ0n) is 12.2. The van der Waals surface area contributed by atoms with E-state index in [4.69, 9.17) is 0 Å². The lowest BCUT2D eigenvalue weighted by atomic mass is 10.2. The second-order valence-corrected chi connectivity index (χ2v) is 6.21. The van der Waals surface area contributed by atoms with Crippen LogP contribution >= 0.6 is 0 Å². The Labute approximate surface area is 126 Å². The molecule has 2 aliphatic rings.